The molecule has 6 saturated carbocycles. The third-order valence-electron chi connectivity index (χ3n) is 18.0. The Kier molecular flexibility index (Phi) is 2.51. The fraction of sp³-hybridized carbons (Fsp3) is 1.00. The van der Waals surface area contributed by atoms with E-state index in [1.165, 1.54) is 0 Å². The largest absolute Gasteiger partial charge is 0.0588 e. The summed E-state index contributed by atoms with van der Waals surface area (Å²) in [6.07, 6.45) is 0. The lowest BCUT2D eigenvalue weighted by molar-refractivity contribution is -0.540. The topological polar surface area (TPSA) is 0 Å². The molecule has 0 aromatic rings. The zero-order valence-corrected chi connectivity index (χ0v) is 22.0. The molecule has 0 amide bonds. The molecule has 4 atom stereocenters. The van der Waals surface area contributed by atoms with Crippen molar-refractivity contribution in [1.82, 2.24) is 0 Å². The summed E-state index contributed by atoms with van der Waals surface area (Å²) < 4.78 is 0. The highest BCUT2D eigenvalue weighted by molar-refractivity contribution is 5.59. The first-order valence-corrected chi connectivity index (χ1v) is 12.0. The van der Waals surface area contributed by atoms with Crippen molar-refractivity contribution in [3.05, 3.63) is 0 Å². The predicted molar refractivity (Wildman–Crippen MR) is 120 cm³/mol. The smallest absolute Gasteiger partial charge is 0.0131 e. The van der Waals surface area contributed by atoms with Crippen LogP contribution in [0, 0.1) is 65.0 Å². The maximum Gasteiger partial charge on any atom is -0.0131 e. The standard InChI is InChI=1S/C28H48/c1-17(2)21(9)18(3,4)24(12)23(17,11)27(15)25(13)19(5,6)22(21,10)20(7,8)26(25,14)28(24,27)16/h1-16H3. The van der Waals surface area contributed by atoms with Gasteiger partial charge in [-0.3, -0.25) is 0 Å². The lowest BCUT2D eigenvalue weighted by Gasteiger charge is -3.00. The Hall–Kier alpha value is 0. The molecule has 6 aliphatic carbocycles. The van der Waals surface area contributed by atoms with Gasteiger partial charge < -0.3 is 0 Å². The average Bonchev–Trinajstić information content (AvgIpc) is 2.68. The number of hydrogen-bond acceptors (Lipinski definition) is 0. The summed E-state index contributed by atoms with van der Waals surface area (Å²) in [6.45, 7) is 43.4. The molecule has 0 nitrogen and oxygen atoms in total. The first-order chi connectivity index (χ1) is 12.0. The van der Waals surface area contributed by atoms with Crippen molar-refractivity contribution in [2.24, 2.45) is 65.0 Å². The first-order valence-electron chi connectivity index (χ1n) is 12.0. The van der Waals surface area contributed by atoms with Gasteiger partial charge in [0.15, 0.2) is 0 Å². The Morgan fingerprint density at radius 3 is 0.464 bits per heavy atom. The third kappa shape index (κ3) is 0.784. The lowest BCUT2D eigenvalue weighted by Crippen LogP contribution is -2.97. The molecule has 0 aromatic heterocycles. The van der Waals surface area contributed by atoms with Gasteiger partial charge in [0.25, 0.3) is 0 Å². The molecular weight excluding hydrogens is 336 g/mol. The molecule has 0 N–H and O–H groups in total. The summed E-state index contributed by atoms with van der Waals surface area (Å²) >= 11 is 0. The second-order valence-electron chi connectivity index (χ2n) is 15.5. The van der Waals surface area contributed by atoms with Crippen LogP contribution in [0.1, 0.15) is 111 Å². The molecule has 6 rings (SSSR count). The van der Waals surface area contributed by atoms with Gasteiger partial charge in [-0.1, -0.05) is 111 Å². The number of hydrogen-bond donors (Lipinski definition) is 0. The molecular formula is C28H48. The van der Waals surface area contributed by atoms with Gasteiger partial charge in [0.05, 0.1) is 0 Å². The van der Waals surface area contributed by atoms with Crippen LogP contribution < -0.4 is 0 Å². The lowest BCUT2D eigenvalue weighted by atomic mass is 9.03. The normalized spacial score (nSPS) is 70.3. The molecule has 0 aromatic carbocycles. The highest BCUT2D eigenvalue weighted by Crippen LogP contribution is 3.17. The van der Waals surface area contributed by atoms with Crippen molar-refractivity contribution in [3.63, 3.8) is 0 Å². The Labute approximate surface area is 176 Å². The van der Waals surface area contributed by atoms with Crippen molar-refractivity contribution in [2.75, 3.05) is 0 Å². The summed E-state index contributed by atoms with van der Waals surface area (Å²) in [5.74, 6) is 0. The van der Waals surface area contributed by atoms with E-state index in [-0.39, 0.29) is 32.5 Å². The van der Waals surface area contributed by atoms with E-state index in [1.54, 1.807) is 0 Å². The van der Waals surface area contributed by atoms with E-state index in [4.69, 9.17) is 0 Å². The molecule has 6 bridgehead atoms. The van der Waals surface area contributed by atoms with Gasteiger partial charge in [-0.05, 0) is 65.0 Å². The molecule has 0 aliphatic heterocycles. The van der Waals surface area contributed by atoms with Crippen LogP contribution in [-0.2, 0) is 0 Å². The van der Waals surface area contributed by atoms with Crippen LogP contribution in [0.5, 0.6) is 0 Å². The van der Waals surface area contributed by atoms with E-state index in [2.05, 4.69) is 111 Å². The minimum Gasteiger partial charge on any atom is -0.0588 e. The van der Waals surface area contributed by atoms with E-state index in [9.17, 15) is 0 Å². The zero-order chi connectivity index (χ0) is 22.0. The Morgan fingerprint density at radius 1 is 0.179 bits per heavy atom. The van der Waals surface area contributed by atoms with Crippen molar-refractivity contribution in [1.29, 1.82) is 0 Å². The SMILES string of the molecule is CC1(C)C2(C)C(C)(C)C3(C)C1(C)C1(C)C4(C)C(C)(C)C2(C)C(C)(C)C4(C)C31C. The number of rotatable bonds is 0. The highest BCUT2D eigenvalue weighted by Gasteiger charge is 3.13. The van der Waals surface area contributed by atoms with Crippen LogP contribution in [0.3, 0.4) is 0 Å². The van der Waals surface area contributed by atoms with Gasteiger partial charge in [-0.15, -0.1) is 0 Å². The van der Waals surface area contributed by atoms with Crippen molar-refractivity contribution in [2.45, 2.75) is 111 Å². The minimum atomic E-state index is 0.245. The van der Waals surface area contributed by atoms with E-state index in [1.807, 2.05) is 0 Å². The summed E-state index contributed by atoms with van der Waals surface area (Å²) in [4.78, 5) is 0. The maximum absolute atomic E-state index is 2.74. The van der Waals surface area contributed by atoms with Crippen molar-refractivity contribution < 1.29 is 0 Å². The van der Waals surface area contributed by atoms with Gasteiger partial charge in [0.2, 0.25) is 0 Å². The molecule has 160 valence electrons. The summed E-state index contributed by atoms with van der Waals surface area (Å²) in [6, 6.07) is 0. The van der Waals surface area contributed by atoms with Gasteiger partial charge in [0.1, 0.15) is 0 Å². The quantitative estimate of drug-likeness (QED) is 0.394. The van der Waals surface area contributed by atoms with Crippen LogP contribution >= 0.6 is 0 Å². The van der Waals surface area contributed by atoms with Gasteiger partial charge >= 0.3 is 0 Å². The summed E-state index contributed by atoms with van der Waals surface area (Å²) in [7, 11) is 0. The average molecular weight is 385 g/mol. The molecule has 0 radical (unpaired) electrons. The van der Waals surface area contributed by atoms with E-state index in [0.717, 1.165) is 0 Å². The molecule has 0 heterocycles. The van der Waals surface area contributed by atoms with E-state index < -0.39 is 0 Å². The van der Waals surface area contributed by atoms with E-state index >= 15 is 0 Å². The van der Waals surface area contributed by atoms with Gasteiger partial charge in [-0.25, -0.2) is 0 Å². The third-order valence-corrected chi connectivity index (χ3v) is 18.0. The second kappa shape index (κ2) is 3.52. The molecule has 0 heteroatoms. The molecule has 6 aliphatic rings. The Bertz CT molecular complexity index is 736. The molecule has 0 saturated heterocycles. The fourth-order valence-corrected chi connectivity index (χ4v) is 15.9. The van der Waals surface area contributed by atoms with Gasteiger partial charge in [0, 0.05) is 0 Å². The van der Waals surface area contributed by atoms with Gasteiger partial charge in [-0.2, -0.15) is 0 Å². The van der Waals surface area contributed by atoms with Crippen LogP contribution in [0.2, 0.25) is 0 Å². The zero-order valence-electron chi connectivity index (χ0n) is 22.0. The molecule has 0 spiro atoms. The fourth-order valence-electron chi connectivity index (χ4n) is 15.9. The predicted octanol–water partition coefficient (Wildman–Crippen LogP) is 8.21. The summed E-state index contributed by atoms with van der Waals surface area (Å²) in [5.41, 5.74) is 3.62. The monoisotopic (exact) mass is 384 g/mol. The Morgan fingerprint density at radius 2 is 0.321 bits per heavy atom. The van der Waals surface area contributed by atoms with Crippen LogP contribution in [0.15, 0.2) is 0 Å². The summed E-state index contributed by atoms with van der Waals surface area (Å²) in [5, 5.41) is 0. The van der Waals surface area contributed by atoms with Crippen molar-refractivity contribution in [3.8, 4) is 0 Å². The maximum atomic E-state index is 2.74. The highest BCUT2D eigenvalue weighted by atomic mass is 15.2. The Balaban J connectivity index is 2.16. The van der Waals surface area contributed by atoms with E-state index in [0.29, 0.717) is 32.5 Å². The van der Waals surface area contributed by atoms with Crippen LogP contribution in [-0.4, -0.2) is 0 Å². The molecule has 6 fully saturated rings. The molecule has 28 heavy (non-hydrogen) atoms. The van der Waals surface area contributed by atoms with Crippen LogP contribution in [0.4, 0.5) is 0 Å². The minimum absolute atomic E-state index is 0.245. The van der Waals surface area contributed by atoms with Crippen LogP contribution in [0.25, 0.3) is 0 Å². The second-order valence-corrected chi connectivity index (χ2v) is 15.5. The first kappa shape index (κ1) is 19.9. The molecule has 4 unspecified atom stereocenters. The van der Waals surface area contributed by atoms with Crippen molar-refractivity contribution >= 4 is 0 Å².